The Hall–Kier alpha value is -3.84. The molecule has 0 aliphatic rings. The van der Waals surface area contributed by atoms with Gasteiger partial charge in [0.25, 0.3) is 11.8 Å². The number of hydrogen-bond donors (Lipinski definition) is 3. The summed E-state index contributed by atoms with van der Waals surface area (Å²) in [5.74, 6) is -2.13. The molecular formula is C19H15Cl2F3N6O4. The molecule has 0 saturated carbocycles. The van der Waals surface area contributed by atoms with Gasteiger partial charge in [0.2, 0.25) is 0 Å². The van der Waals surface area contributed by atoms with E-state index >= 15 is 0 Å². The summed E-state index contributed by atoms with van der Waals surface area (Å²) < 4.78 is 44.1. The largest absolute Gasteiger partial charge is 0.453 e. The molecule has 0 bridgehead atoms. The standard InChI is InChI=1S/C17H10Cl2F3N5O2.C2H5NO2/c18-8-3-1-5-10(13(8)14(23)28)25-16(29)11-7-12(17(20,21)22)26-27(11)15-9(19)4-2-6-24-15;1-5-2(3)4/h1-7H,(H2,23,28)(H,25,29);1H3,(H2,3,4). The lowest BCUT2D eigenvalue weighted by molar-refractivity contribution is -0.141. The van der Waals surface area contributed by atoms with Gasteiger partial charge in [-0.2, -0.15) is 18.3 Å². The van der Waals surface area contributed by atoms with Gasteiger partial charge in [0.15, 0.2) is 11.5 Å². The maximum atomic E-state index is 13.2. The zero-order chi connectivity index (χ0) is 25.6. The molecule has 0 fully saturated rings. The summed E-state index contributed by atoms with van der Waals surface area (Å²) in [6, 6.07) is 7.50. The number of amides is 3. The average Bonchev–Trinajstić information content (AvgIpc) is 3.20. The fraction of sp³-hybridized carbons (Fsp3) is 0.105. The summed E-state index contributed by atoms with van der Waals surface area (Å²) in [4.78, 5) is 37.6. The number of alkyl halides is 3. The van der Waals surface area contributed by atoms with Gasteiger partial charge in [-0.1, -0.05) is 29.3 Å². The Bertz CT molecular complexity index is 1230. The third-order valence-corrected chi connectivity index (χ3v) is 4.49. The molecule has 10 nitrogen and oxygen atoms in total. The van der Waals surface area contributed by atoms with Gasteiger partial charge in [0, 0.05) is 12.3 Å². The zero-order valence-electron chi connectivity index (χ0n) is 17.1. The Morgan fingerprint density at radius 1 is 1.09 bits per heavy atom. The number of aromatic nitrogens is 3. The SMILES string of the molecule is COC(N)=O.NC(=O)c1c(Cl)cccc1NC(=O)c1cc(C(F)(F)F)nn1-c1ncccc1Cl. The number of carbonyl (C=O) groups is 3. The van der Waals surface area contributed by atoms with Gasteiger partial charge in [-0.15, -0.1) is 0 Å². The number of halogens is 5. The van der Waals surface area contributed by atoms with Gasteiger partial charge in [-0.25, -0.2) is 14.5 Å². The van der Waals surface area contributed by atoms with Crippen LogP contribution in [0, 0.1) is 0 Å². The predicted molar refractivity (Wildman–Crippen MR) is 116 cm³/mol. The van der Waals surface area contributed by atoms with Crippen molar-refractivity contribution in [2.45, 2.75) is 6.18 Å². The molecule has 0 spiro atoms. The molecule has 0 aliphatic heterocycles. The Morgan fingerprint density at radius 2 is 1.71 bits per heavy atom. The molecule has 3 amide bonds. The second-order valence-corrected chi connectivity index (χ2v) is 6.95. The van der Waals surface area contributed by atoms with Crippen molar-refractivity contribution in [1.82, 2.24) is 14.8 Å². The fourth-order valence-electron chi connectivity index (χ4n) is 2.44. The number of nitrogens with one attached hydrogen (secondary N) is 1. The Morgan fingerprint density at radius 3 is 2.24 bits per heavy atom. The molecule has 34 heavy (non-hydrogen) atoms. The number of hydrogen-bond acceptors (Lipinski definition) is 6. The molecule has 0 atom stereocenters. The highest BCUT2D eigenvalue weighted by Crippen LogP contribution is 2.31. The second-order valence-electron chi connectivity index (χ2n) is 6.14. The number of methoxy groups -OCH3 is 1. The smallest absolute Gasteiger partial charge is 0.435 e. The molecule has 5 N–H and O–H groups in total. The Balaban J connectivity index is 0.000000739. The summed E-state index contributed by atoms with van der Waals surface area (Å²) in [6.07, 6.45) is -4.29. The number of nitrogens with two attached hydrogens (primary N) is 2. The van der Waals surface area contributed by atoms with Crippen LogP contribution in [0.4, 0.5) is 23.7 Å². The van der Waals surface area contributed by atoms with Gasteiger partial charge >= 0.3 is 12.3 Å². The van der Waals surface area contributed by atoms with Crippen LogP contribution in [-0.4, -0.2) is 39.8 Å². The van der Waals surface area contributed by atoms with Crippen molar-refractivity contribution in [3.63, 3.8) is 0 Å². The molecule has 1 aromatic carbocycles. The lowest BCUT2D eigenvalue weighted by atomic mass is 10.1. The summed E-state index contributed by atoms with van der Waals surface area (Å²) in [5.41, 5.74) is 7.57. The number of carbonyl (C=O) groups excluding carboxylic acids is 3. The van der Waals surface area contributed by atoms with Gasteiger partial charge in [0.05, 0.1) is 28.4 Å². The van der Waals surface area contributed by atoms with Crippen LogP contribution in [0.2, 0.25) is 10.0 Å². The van der Waals surface area contributed by atoms with Crippen LogP contribution in [-0.2, 0) is 10.9 Å². The van der Waals surface area contributed by atoms with E-state index in [0.717, 1.165) is 0 Å². The van der Waals surface area contributed by atoms with E-state index in [9.17, 15) is 27.6 Å². The highest BCUT2D eigenvalue weighted by molar-refractivity contribution is 6.35. The normalized spacial score (nSPS) is 10.6. The Labute approximate surface area is 199 Å². The molecule has 180 valence electrons. The zero-order valence-corrected chi connectivity index (χ0v) is 18.6. The van der Waals surface area contributed by atoms with Crippen LogP contribution < -0.4 is 16.8 Å². The molecule has 2 heterocycles. The van der Waals surface area contributed by atoms with Gasteiger partial charge in [-0.3, -0.25) is 9.59 Å². The van der Waals surface area contributed by atoms with Crippen LogP contribution in [0.25, 0.3) is 5.82 Å². The Kier molecular flexibility index (Phi) is 8.43. The van der Waals surface area contributed by atoms with E-state index in [1.165, 1.54) is 43.6 Å². The van der Waals surface area contributed by atoms with Crippen LogP contribution in [0.1, 0.15) is 26.5 Å². The first-order valence-electron chi connectivity index (χ1n) is 8.88. The molecule has 0 aliphatic carbocycles. The van der Waals surface area contributed by atoms with Crippen molar-refractivity contribution in [1.29, 1.82) is 0 Å². The number of benzene rings is 1. The maximum Gasteiger partial charge on any atom is 0.435 e. The number of primary amides is 2. The van der Waals surface area contributed by atoms with Gasteiger partial charge < -0.3 is 21.5 Å². The van der Waals surface area contributed by atoms with E-state index in [-0.39, 0.29) is 27.1 Å². The van der Waals surface area contributed by atoms with Gasteiger partial charge in [0.1, 0.15) is 5.69 Å². The van der Waals surface area contributed by atoms with E-state index in [4.69, 9.17) is 28.9 Å². The molecule has 0 radical (unpaired) electrons. The molecule has 3 aromatic rings. The number of nitrogens with zero attached hydrogens (tertiary/aromatic N) is 3. The fourth-order valence-corrected chi connectivity index (χ4v) is 2.91. The average molecular weight is 519 g/mol. The minimum atomic E-state index is -4.82. The van der Waals surface area contributed by atoms with Crippen LogP contribution in [0.3, 0.4) is 0 Å². The number of pyridine rings is 1. The van der Waals surface area contributed by atoms with Crippen molar-refractivity contribution in [2.24, 2.45) is 11.5 Å². The van der Waals surface area contributed by atoms with Crippen molar-refractivity contribution in [3.8, 4) is 5.82 Å². The maximum absolute atomic E-state index is 13.2. The first-order valence-corrected chi connectivity index (χ1v) is 9.63. The van der Waals surface area contributed by atoms with E-state index in [2.05, 4.69) is 25.9 Å². The monoisotopic (exact) mass is 518 g/mol. The van der Waals surface area contributed by atoms with Crippen molar-refractivity contribution >= 4 is 46.8 Å². The predicted octanol–water partition coefficient (Wildman–Crippen LogP) is 3.66. The number of rotatable bonds is 4. The third-order valence-electron chi connectivity index (χ3n) is 3.88. The molecule has 2 aromatic heterocycles. The molecule has 15 heteroatoms. The van der Waals surface area contributed by atoms with Crippen LogP contribution in [0.5, 0.6) is 0 Å². The first kappa shape index (κ1) is 26.4. The van der Waals surface area contributed by atoms with E-state index < -0.39 is 35.5 Å². The first-order chi connectivity index (χ1) is 15.9. The number of ether oxygens (including phenoxy) is 1. The lowest BCUT2D eigenvalue weighted by Crippen LogP contribution is -2.21. The van der Waals surface area contributed by atoms with Crippen LogP contribution in [0.15, 0.2) is 42.6 Å². The molecule has 3 rings (SSSR count). The van der Waals surface area contributed by atoms with E-state index in [1.807, 2.05) is 0 Å². The third kappa shape index (κ3) is 6.36. The summed E-state index contributed by atoms with van der Waals surface area (Å²) >= 11 is 11.9. The summed E-state index contributed by atoms with van der Waals surface area (Å²) in [7, 11) is 1.22. The van der Waals surface area contributed by atoms with Gasteiger partial charge in [-0.05, 0) is 24.3 Å². The van der Waals surface area contributed by atoms with Crippen molar-refractivity contribution in [3.05, 3.63) is 69.6 Å². The quantitative estimate of drug-likeness (QED) is 0.478. The van der Waals surface area contributed by atoms with E-state index in [1.54, 1.807) is 0 Å². The molecule has 0 saturated heterocycles. The second kappa shape index (κ2) is 10.9. The lowest BCUT2D eigenvalue weighted by Gasteiger charge is -2.11. The number of anilines is 1. The highest BCUT2D eigenvalue weighted by atomic mass is 35.5. The van der Waals surface area contributed by atoms with Crippen LogP contribution >= 0.6 is 23.2 Å². The van der Waals surface area contributed by atoms with E-state index in [0.29, 0.717) is 10.7 Å². The minimum Gasteiger partial charge on any atom is -0.453 e. The van der Waals surface area contributed by atoms with Crippen molar-refractivity contribution < 1.29 is 32.3 Å². The molecular weight excluding hydrogens is 504 g/mol. The highest BCUT2D eigenvalue weighted by Gasteiger charge is 2.36. The summed E-state index contributed by atoms with van der Waals surface area (Å²) in [6.45, 7) is 0. The molecule has 0 unspecified atom stereocenters. The minimum absolute atomic E-state index is 0.0287. The van der Waals surface area contributed by atoms with Crippen molar-refractivity contribution in [2.75, 3.05) is 12.4 Å². The topological polar surface area (TPSA) is 155 Å². The summed E-state index contributed by atoms with van der Waals surface area (Å²) in [5, 5.41) is 5.67.